The second-order valence-corrected chi connectivity index (χ2v) is 8.81. The Labute approximate surface area is 194 Å². The van der Waals surface area contributed by atoms with Crippen LogP contribution in [-0.2, 0) is 19.4 Å². The van der Waals surface area contributed by atoms with E-state index in [1.54, 1.807) is 12.4 Å². The number of amides is 1. The van der Waals surface area contributed by atoms with Crippen LogP contribution >= 0.6 is 0 Å². The summed E-state index contributed by atoms with van der Waals surface area (Å²) in [7, 11) is 0. The summed E-state index contributed by atoms with van der Waals surface area (Å²) in [5, 5.41) is 7.95. The van der Waals surface area contributed by atoms with Crippen molar-refractivity contribution in [3.05, 3.63) is 101 Å². The first kappa shape index (κ1) is 21.4. The van der Waals surface area contributed by atoms with E-state index in [1.165, 1.54) is 22.2 Å². The maximum atomic E-state index is 12.8. The van der Waals surface area contributed by atoms with E-state index in [9.17, 15) is 4.79 Å². The second kappa shape index (κ2) is 10.0. The van der Waals surface area contributed by atoms with Crippen LogP contribution in [0, 0.1) is 0 Å². The SMILES string of the molecule is O=C(NCc1cccnc1)c1ccc2[nH]c3c(c2c1)CCCC3NCCCc1ccccc1. The minimum absolute atomic E-state index is 0.0536. The van der Waals surface area contributed by atoms with Crippen LogP contribution in [0.3, 0.4) is 0 Å². The average molecular weight is 439 g/mol. The zero-order valence-corrected chi connectivity index (χ0v) is 18.8. The summed E-state index contributed by atoms with van der Waals surface area (Å²) in [5.41, 5.74) is 6.85. The Morgan fingerprint density at radius 2 is 1.94 bits per heavy atom. The van der Waals surface area contributed by atoms with Gasteiger partial charge in [-0.2, -0.15) is 0 Å². The topological polar surface area (TPSA) is 69.8 Å². The Kier molecular flexibility index (Phi) is 6.49. The molecule has 0 radical (unpaired) electrons. The Hall–Kier alpha value is -3.44. The molecule has 1 aliphatic carbocycles. The van der Waals surface area contributed by atoms with Gasteiger partial charge in [0.05, 0.1) is 0 Å². The predicted molar refractivity (Wildman–Crippen MR) is 132 cm³/mol. The van der Waals surface area contributed by atoms with Gasteiger partial charge < -0.3 is 15.6 Å². The van der Waals surface area contributed by atoms with E-state index in [4.69, 9.17) is 0 Å². The van der Waals surface area contributed by atoms with Crippen LogP contribution in [0.15, 0.2) is 73.1 Å². The normalized spacial score (nSPS) is 15.3. The van der Waals surface area contributed by atoms with Crippen molar-refractivity contribution >= 4 is 16.8 Å². The van der Waals surface area contributed by atoms with Crippen LogP contribution in [-0.4, -0.2) is 22.4 Å². The van der Waals surface area contributed by atoms with E-state index < -0.39 is 0 Å². The number of aromatic nitrogens is 2. The highest BCUT2D eigenvalue weighted by Gasteiger charge is 2.24. The molecule has 1 unspecified atom stereocenters. The number of carbonyl (C=O) groups excluding carboxylic acids is 1. The van der Waals surface area contributed by atoms with Crippen molar-refractivity contribution < 1.29 is 4.79 Å². The van der Waals surface area contributed by atoms with Crippen molar-refractivity contribution in [3.8, 4) is 0 Å². The molecule has 3 N–H and O–H groups in total. The Morgan fingerprint density at radius 1 is 1.06 bits per heavy atom. The molecule has 5 nitrogen and oxygen atoms in total. The molecular weight excluding hydrogens is 408 g/mol. The van der Waals surface area contributed by atoms with Gasteiger partial charge in [-0.25, -0.2) is 0 Å². The fraction of sp³-hybridized carbons (Fsp3) is 0.286. The Bertz CT molecular complexity index is 1220. The van der Waals surface area contributed by atoms with Crippen molar-refractivity contribution in [2.24, 2.45) is 0 Å². The Balaban J connectivity index is 1.25. The third-order valence-corrected chi connectivity index (χ3v) is 6.52. The van der Waals surface area contributed by atoms with Crippen LogP contribution < -0.4 is 10.6 Å². The molecule has 1 aliphatic rings. The summed E-state index contributed by atoms with van der Waals surface area (Å²) in [4.78, 5) is 20.5. The lowest BCUT2D eigenvalue weighted by Crippen LogP contribution is -2.26. The smallest absolute Gasteiger partial charge is 0.251 e. The van der Waals surface area contributed by atoms with Crippen molar-refractivity contribution in [2.75, 3.05) is 6.54 Å². The number of H-pyrrole nitrogens is 1. The summed E-state index contributed by atoms with van der Waals surface area (Å²) in [6.07, 6.45) is 9.09. The largest absolute Gasteiger partial charge is 0.357 e. The van der Waals surface area contributed by atoms with Crippen molar-refractivity contribution in [1.82, 2.24) is 20.6 Å². The molecule has 1 amide bonds. The van der Waals surface area contributed by atoms with Crippen LogP contribution in [0.4, 0.5) is 0 Å². The standard InChI is InChI=1S/C28H30N4O/c33-28(31-19-21-10-5-15-29-18-21)22-13-14-25-24(17-22)23-11-4-12-26(27(23)32-25)30-16-6-9-20-7-2-1-3-8-20/h1-3,5,7-8,10,13-15,17-18,26,30,32H,4,6,9,11-12,16,19H2,(H,31,33). The van der Waals surface area contributed by atoms with Crippen LogP contribution in [0.5, 0.6) is 0 Å². The molecule has 0 saturated carbocycles. The van der Waals surface area contributed by atoms with Gasteiger partial charge in [-0.05, 0) is 79.6 Å². The van der Waals surface area contributed by atoms with Crippen LogP contribution in [0.1, 0.15) is 58.0 Å². The quantitative estimate of drug-likeness (QED) is 0.336. The van der Waals surface area contributed by atoms with E-state index in [-0.39, 0.29) is 5.91 Å². The lowest BCUT2D eigenvalue weighted by Gasteiger charge is -2.24. The average Bonchev–Trinajstić information content (AvgIpc) is 3.25. The van der Waals surface area contributed by atoms with E-state index in [0.29, 0.717) is 18.2 Å². The molecule has 0 spiro atoms. The molecule has 0 aliphatic heterocycles. The maximum Gasteiger partial charge on any atom is 0.251 e. The van der Waals surface area contributed by atoms with Crippen molar-refractivity contribution in [2.45, 2.75) is 44.7 Å². The number of fused-ring (bicyclic) bond motifs is 3. The number of carbonyl (C=O) groups is 1. The highest BCUT2D eigenvalue weighted by molar-refractivity contribution is 5.99. The summed E-state index contributed by atoms with van der Waals surface area (Å²) in [6, 6.07) is 20.9. The van der Waals surface area contributed by atoms with Gasteiger partial charge in [-0.1, -0.05) is 36.4 Å². The highest BCUT2D eigenvalue weighted by Crippen LogP contribution is 2.35. The fourth-order valence-corrected chi connectivity index (χ4v) is 4.81. The van der Waals surface area contributed by atoms with Gasteiger partial charge in [0.15, 0.2) is 0 Å². The minimum Gasteiger partial charge on any atom is -0.357 e. The van der Waals surface area contributed by atoms with Gasteiger partial charge in [0.25, 0.3) is 5.91 Å². The summed E-state index contributed by atoms with van der Waals surface area (Å²) < 4.78 is 0. The zero-order chi connectivity index (χ0) is 22.5. The summed E-state index contributed by atoms with van der Waals surface area (Å²) in [6.45, 7) is 1.47. The number of benzene rings is 2. The first-order valence-electron chi connectivity index (χ1n) is 11.9. The fourth-order valence-electron chi connectivity index (χ4n) is 4.81. The number of hydrogen-bond acceptors (Lipinski definition) is 3. The summed E-state index contributed by atoms with van der Waals surface area (Å²) in [5.74, 6) is -0.0536. The lowest BCUT2D eigenvalue weighted by molar-refractivity contribution is 0.0951. The third kappa shape index (κ3) is 4.99. The Morgan fingerprint density at radius 3 is 2.79 bits per heavy atom. The van der Waals surface area contributed by atoms with Gasteiger partial charge >= 0.3 is 0 Å². The maximum absolute atomic E-state index is 12.8. The van der Waals surface area contributed by atoms with Crippen LogP contribution in [0.2, 0.25) is 0 Å². The van der Waals surface area contributed by atoms with Gasteiger partial charge in [0.2, 0.25) is 0 Å². The molecule has 168 valence electrons. The number of rotatable bonds is 8. The van der Waals surface area contributed by atoms with Gasteiger partial charge in [0.1, 0.15) is 0 Å². The first-order valence-corrected chi connectivity index (χ1v) is 11.9. The molecule has 5 heteroatoms. The molecule has 0 bridgehead atoms. The highest BCUT2D eigenvalue weighted by atomic mass is 16.1. The predicted octanol–water partition coefficient (Wildman–Crippen LogP) is 5.09. The molecule has 0 saturated heterocycles. The van der Waals surface area contributed by atoms with Gasteiger partial charge in [0, 0.05) is 47.1 Å². The molecular formula is C28H30N4O. The molecule has 2 heterocycles. The number of nitrogens with zero attached hydrogens (tertiary/aromatic N) is 1. The van der Waals surface area contributed by atoms with Crippen LogP contribution in [0.25, 0.3) is 10.9 Å². The van der Waals surface area contributed by atoms with E-state index >= 15 is 0 Å². The lowest BCUT2D eigenvalue weighted by atomic mass is 9.91. The summed E-state index contributed by atoms with van der Waals surface area (Å²) >= 11 is 0. The first-order chi connectivity index (χ1) is 16.3. The van der Waals surface area contributed by atoms with Crippen molar-refractivity contribution in [3.63, 3.8) is 0 Å². The molecule has 0 fully saturated rings. The second-order valence-electron chi connectivity index (χ2n) is 8.81. The van der Waals surface area contributed by atoms with Gasteiger partial charge in [-0.15, -0.1) is 0 Å². The number of pyridine rings is 1. The van der Waals surface area contributed by atoms with Crippen molar-refractivity contribution in [1.29, 1.82) is 0 Å². The van der Waals surface area contributed by atoms with E-state index in [1.807, 2.05) is 30.3 Å². The molecule has 2 aromatic carbocycles. The van der Waals surface area contributed by atoms with Gasteiger partial charge in [-0.3, -0.25) is 9.78 Å². The monoisotopic (exact) mass is 438 g/mol. The number of nitrogens with one attached hydrogen (secondary N) is 3. The number of aromatic amines is 1. The number of aryl methyl sites for hydroxylation is 2. The minimum atomic E-state index is -0.0536. The zero-order valence-electron chi connectivity index (χ0n) is 18.8. The molecule has 1 atom stereocenters. The molecule has 2 aromatic heterocycles. The van der Waals surface area contributed by atoms with E-state index in [0.717, 1.165) is 49.7 Å². The third-order valence-electron chi connectivity index (χ3n) is 6.52. The van der Waals surface area contributed by atoms with E-state index in [2.05, 4.69) is 50.9 Å². The molecule has 33 heavy (non-hydrogen) atoms. The molecule has 5 rings (SSSR count). The number of hydrogen-bond donors (Lipinski definition) is 3. The molecule has 4 aromatic rings.